The van der Waals surface area contributed by atoms with Crippen LogP contribution in [0.25, 0.3) is 11.0 Å². The molecule has 4 aliphatic heterocycles. The van der Waals surface area contributed by atoms with Crippen LogP contribution in [0.15, 0.2) is 35.1 Å². The first-order valence-electron chi connectivity index (χ1n) is 17.9. The van der Waals surface area contributed by atoms with Crippen LogP contribution in [0, 0.1) is 12.8 Å². The van der Waals surface area contributed by atoms with Gasteiger partial charge in [-0.2, -0.15) is 0 Å². The number of sulfone groups is 1. The van der Waals surface area contributed by atoms with Gasteiger partial charge >= 0.3 is 0 Å². The molecule has 45 heavy (non-hydrogen) atoms. The molecule has 8 nitrogen and oxygen atoms in total. The molecule has 0 amide bonds. The lowest BCUT2D eigenvalue weighted by atomic mass is 9.85. The molecule has 6 heterocycles. The first kappa shape index (κ1) is 28.3. The molecule has 2 fully saturated rings. The van der Waals surface area contributed by atoms with E-state index in [1.807, 2.05) is 0 Å². The number of nitrogens with zero attached hydrogens (tertiary/aromatic N) is 4. The van der Waals surface area contributed by atoms with Crippen LogP contribution in [-0.4, -0.2) is 59.0 Å². The second-order valence-corrected chi connectivity index (χ2v) is 15.4. The van der Waals surface area contributed by atoms with Crippen molar-refractivity contribution in [3.05, 3.63) is 63.2 Å². The van der Waals surface area contributed by atoms with Gasteiger partial charge in [-0.1, -0.05) is 37.5 Å². The summed E-state index contributed by atoms with van der Waals surface area (Å²) >= 11 is 0. The van der Waals surface area contributed by atoms with E-state index in [0.29, 0.717) is 68.3 Å². The van der Waals surface area contributed by atoms with Crippen LogP contribution in [0.4, 0.5) is 14.6 Å². The van der Waals surface area contributed by atoms with Crippen LogP contribution in [0.2, 0.25) is 0 Å². The van der Waals surface area contributed by atoms with Crippen molar-refractivity contribution in [1.82, 2.24) is 19.4 Å². The minimum Gasteiger partial charge on any atom is -0.363 e. The Morgan fingerprint density at radius 2 is 1.67 bits per heavy atom. The first-order valence-corrected chi connectivity index (χ1v) is 18.2. The summed E-state index contributed by atoms with van der Waals surface area (Å²) in [5, 5.41) is 3.73. The fraction of sp³-hybridized carbons (Fsp3) is 0.618. The summed E-state index contributed by atoms with van der Waals surface area (Å²) in [5.74, 6) is -4.29. The highest BCUT2D eigenvalue weighted by Crippen LogP contribution is 2.42. The van der Waals surface area contributed by atoms with E-state index in [2.05, 4.69) is 20.2 Å². The summed E-state index contributed by atoms with van der Waals surface area (Å²) < 4.78 is 82.3. The van der Waals surface area contributed by atoms with E-state index >= 15 is 8.78 Å². The van der Waals surface area contributed by atoms with Gasteiger partial charge in [-0.3, -0.25) is 9.36 Å². The molecule has 0 unspecified atom stereocenters. The van der Waals surface area contributed by atoms with Gasteiger partial charge in [0.1, 0.15) is 27.1 Å². The topological polar surface area (TPSA) is 97.2 Å². The van der Waals surface area contributed by atoms with Gasteiger partial charge in [0, 0.05) is 33.7 Å². The molecule has 7 rings (SSSR count). The number of anilines is 1. The minimum absolute atomic E-state index is 0.00890. The number of fused-ring (bicyclic) bond motifs is 9. The molecular formula is C34H45F2N5O3S. The second kappa shape index (κ2) is 13.1. The predicted molar refractivity (Wildman–Crippen MR) is 174 cm³/mol. The molecule has 2 saturated heterocycles. The maximum atomic E-state index is 16.0. The molecule has 0 radical (unpaired) electrons. The monoisotopic (exact) mass is 644 g/mol. The van der Waals surface area contributed by atoms with E-state index in [1.165, 1.54) is 16.7 Å². The van der Waals surface area contributed by atoms with E-state index in [1.54, 1.807) is 25.1 Å². The van der Waals surface area contributed by atoms with Crippen molar-refractivity contribution in [2.24, 2.45) is 5.92 Å². The van der Waals surface area contributed by atoms with Crippen molar-refractivity contribution in [1.29, 1.82) is 0 Å². The van der Waals surface area contributed by atoms with Crippen LogP contribution in [0.3, 0.4) is 0 Å². The van der Waals surface area contributed by atoms with E-state index in [9.17, 15) is 13.2 Å². The van der Waals surface area contributed by atoms with Crippen molar-refractivity contribution in [3.63, 3.8) is 0 Å². The number of rotatable bonds is 1. The Labute approximate surface area is 268 Å². The van der Waals surface area contributed by atoms with Gasteiger partial charge in [-0.25, -0.2) is 27.2 Å². The molecule has 8 bridgehead atoms. The highest BCUT2D eigenvalue weighted by molar-refractivity contribution is 7.91. The number of hydrogen-bond acceptors (Lipinski definition) is 7. The van der Waals surface area contributed by atoms with Crippen LogP contribution >= 0.6 is 0 Å². The summed E-state index contributed by atoms with van der Waals surface area (Å²) in [6, 6.07) is 7.50. The molecule has 1 N–H and O–H groups in total. The Hall–Kier alpha value is -2.92. The molecule has 4 aliphatic rings. The van der Waals surface area contributed by atoms with Gasteiger partial charge in [0.05, 0.1) is 16.9 Å². The Morgan fingerprint density at radius 1 is 0.956 bits per heavy atom. The second-order valence-electron chi connectivity index (χ2n) is 13.1. The average molecular weight is 645 g/mol. The highest BCUT2D eigenvalue weighted by atomic mass is 32.2. The standard InChI is InChI=1S/C34H45F2N5O3S/c1-23-26-9-8-10-28(21-26)34(35,36)27-11-17-40(18-12-27)15-6-4-3-5-7-16-41-32-30(31(37-23)38-24(2)39-32)22-29(33(41)42)25-13-19-45(43,44)20-14-25/h8-10,21-23,25,27H,3-7,11-20H2,1-2H3,(H,37,38,39)/t23-/m1/s1/i2D3. The highest BCUT2D eigenvalue weighted by Gasteiger charge is 2.42. The molecule has 2 aromatic heterocycles. The van der Waals surface area contributed by atoms with Crippen molar-refractivity contribution < 1.29 is 21.3 Å². The van der Waals surface area contributed by atoms with Gasteiger partial charge in [0.15, 0.2) is 0 Å². The molecule has 0 spiro atoms. The minimum atomic E-state index is -3.17. The maximum absolute atomic E-state index is 16.0. The van der Waals surface area contributed by atoms with Crippen molar-refractivity contribution >= 4 is 26.7 Å². The molecule has 1 atom stereocenters. The Morgan fingerprint density at radius 3 is 2.40 bits per heavy atom. The van der Waals surface area contributed by atoms with Gasteiger partial charge < -0.3 is 10.2 Å². The third-order valence-corrected chi connectivity index (χ3v) is 11.8. The summed E-state index contributed by atoms with van der Waals surface area (Å²) in [5.41, 5.74) is 0.903. The Balaban J connectivity index is 1.47. The quantitative estimate of drug-likeness (QED) is 0.331. The average Bonchev–Trinajstić information content (AvgIpc) is 3.04. The first-order chi connectivity index (χ1) is 22.7. The zero-order valence-corrected chi connectivity index (χ0v) is 26.7. The number of aromatic nitrogens is 3. The Kier molecular flexibility index (Phi) is 8.22. The number of hydrogen-bond donors (Lipinski definition) is 1. The Bertz CT molecular complexity index is 1800. The van der Waals surface area contributed by atoms with Gasteiger partial charge in [0.2, 0.25) is 0 Å². The smallest absolute Gasteiger partial charge is 0.276 e. The van der Waals surface area contributed by atoms with E-state index in [0.717, 1.165) is 32.2 Å². The number of pyridine rings is 1. The molecule has 11 heteroatoms. The molecule has 0 aliphatic carbocycles. The summed E-state index contributed by atoms with van der Waals surface area (Å²) in [6.45, 7) is 1.63. The summed E-state index contributed by atoms with van der Waals surface area (Å²) in [7, 11) is -3.17. The van der Waals surface area contributed by atoms with Gasteiger partial charge in [-0.15, -0.1) is 0 Å². The number of aryl methyl sites for hydroxylation is 2. The molecule has 0 saturated carbocycles. The van der Waals surface area contributed by atoms with Crippen LogP contribution in [-0.2, 0) is 22.3 Å². The zero-order chi connectivity index (χ0) is 34.3. The number of piperidine rings is 1. The van der Waals surface area contributed by atoms with E-state index in [-0.39, 0.29) is 40.0 Å². The summed E-state index contributed by atoms with van der Waals surface area (Å²) in [6.07, 6.45) is 5.91. The molecule has 244 valence electrons. The van der Waals surface area contributed by atoms with Gasteiger partial charge in [0.25, 0.3) is 11.5 Å². The lowest BCUT2D eigenvalue weighted by molar-refractivity contribution is -0.0855. The lowest BCUT2D eigenvalue weighted by Gasteiger charge is -2.36. The number of halogens is 2. The SMILES string of the molecule is [2H]C([2H])([2H])c1nc2c3cc(C4CCS(=O)(=O)CC4)c(=O)n(c3n1)CCCCCCCN1CCC(CC1)C(F)(F)c1cccc(c1)[C@@H](C)N2. The maximum Gasteiger partial charge on any atom is 0.276 e. The van der Waals surface area contributed by atoms with E-state index < -0.39 is 40.4 Å². The van der Waals surface area contributed by atoms with Crippen LogP contribution < -0.4 is 10.9 Å². The summed E-state index contributed by atoms with van der Waals surface area (Å²) in [4.78, 5) is 25.3. The lowest BCUT2D eigenvalue weighted by Crippen LogP contribution is -2.40. The van der Waals surface area contributed by atoms with Crippen molar-refractivity contribution in [2.75, 3.05) is 36.5 Å². The van der Waals surface area contributed by atoms with E-state index in [4.69, 9.17) is 4.11 Å². The normalized spacial score (nSPS) is 27.5. The molecule has 1 aromatic carbocycles. The van der Waals surface area contributed by atoms with Crippen molar-refractivity contribution in [2.45, 2.75) is 96.0 Å². The van der Waals surface area contributed by atoms with Gasteiger partial charge in [-0.05, 0) is 95.5 Å². The third kappa shape index (κ3) is 6.94. The van der Waals surface area contributed by atoms with Crippen LogP contribution in [0.1, 0.15) is 103 Å². The van der Waals surface area contributed by atoms with Crippen molar-refractivity contribution in [3.8, 4) is 0 Å². The predicted octanol–water partition coefficient (Wildman–Crippen LogP) is 6.33. The third-order valence-electron chi connectivity index (χ3n) is 10.0. The fourth-order valence-corrected chi connectivity index (χ4v) is 8.76. The van der Waals surface area contributed by atoms with Crippen LogP contribution in [0.5, 0.6) is 0 Å². The largest absolute Gasteiger partial charge is 0.363 e. The molecular weight excluding hydrogens is 596 g/mol. The number of alkyl halides is 2. The number of benzene rings is 1. The fourth-order valence-electron chi connectivity index (χ4n) is 7.27. The molecule has 3 aromatic rings. The zero-order valence-electron chi connectivity index (χ0n) is 28.9. The number of nitrogens with one attached hydrogen (secondary N) is 1.